The monoisotopic (exact) mass is 483 g/mol. The standard InChI is InChI=1S/C28H22ClN3O3/c1-3-35-28(34)24-16-25(18-8-12-20(29)13-9-18)32(17(24)2)21-14-10-19(11-15-21)26-22-6-4-5-7-23(22)27(33)31-30-26/h4-16H,3H2,1-2H3,(H,31,33). The first kappa shape index (κ1) is 22.6. The number of carbonyl (C=O) groups excluding carboxylic acids is 1. The van der Waals surface area contributed by atoms with Crippen LogP contribution in [0.2, 0.25) is 5.02 Å². The number of aromatic nitrogens is 3. The van der Waals surface area contributed by atoms with Gasteiger partial charge >= 0.3 is 5.97 Å². The third-order valence-electron chi connectivity index (χ3n) is 5.98. The number of halogens is 1. The average Bonchev–Trinajstić information content (AvgIpc) is 3.22. The summed E-state index contributed by atoms with van der Waals surface area (Å²) in [6.07, 6.45) is 0. The van der Waals surface area contributed by atoms with Crippen LogP contribution in [0.5, 0.6) is 0 Å². The first-order chi connectivity index (χ1) is 17.0. The number of carbonyl (C=O) groups is 1. The summed E-state index contributed by atoms with van der Waals surface area (Å²) >= 11 is 6.10. The number of rotatable bonds is 5. The van der Waals surface area contributed by atoms with E-state index in [9.17, 15) is 9.59 Å². The molecule has 7 heteroatoms. The molecule has 5 aromatic rings. The molecule has 0 radical (unpaired) electrons. The lowest BCUT2D eigenvalue weighted by Crippen LogP contribution is -2.09. The summed E-state index contributed by atoms with van der Waals surface area (Å²) in [6, 6.07) is 24.6. The highest BCUT2D eigenvalue weighted by atomic mass is 35.5. The van der Waals surface area contributed by atoms with Crippen LogP contribution in [0, 0.1) is 6.92 Å². The molecule has 5 rings (SSSR count). The molecule has 174 valence electrons. The average molecular weight is 484 g/mol. The Balaban J connectivity index is 1.64. The van der Waals surface area contributed by atoms with E-state index in [0.717, 1.165) is 33.6 Å². The van der Waals surface area contributed by atoms with Crippen molar-refractivity contribution in [2.24, 2.45) is 0 Å². The van der Waals surface area contributed by atoms with Crippen molar-refractivity contribution in [3.63, 3.8) is 0 Å². The Morgan fingerprint density at radius 3 is 2.31 bits per heavy atom. The van der Waals surface area contributed by atoms with Crippen LogP contribution in [0.1, 0.15) is 23.0 Å². The number of hydrogen-bond donors (Lipinski definition) is 1. The minimum absolute atomic E-state index is 0.219. The van der Waals surface area contributed by atoms with Gasteiger partial charge in [-0.05, 0) is 55.8 Å². The van der Waals surface area contributed by atoms with E-state index < -0.39 is 0 Å². The van der Waals surface area contributed by atoms with E-state index in [-0.39, 0.29) is 11.5 Å². The first-order valence-corrected chi connectivity index (χ1v) is 11.6. The van der Waals surface area contributed by atoms with Gasteiger partial charge < -0.3 is 9.30 Å². The zero-order chi connectivity index (χ0) is 24.5. The predicted octanol–water partition coefficient (Wildman–Crippen LogP) is 6.19. The number of benzene rings is 3. The number of ether oxygens (including phenoxy) is 1. The smallest absolute Gasteiger partial charge is 0.339 e. The lowest BCUT2D eigenvalue weighted by molar-refractivity contribution is 0.0525. The van der Waals surface area contributed by atoms with Crippen molar-refractivity contribution in [2.75, 3.05) is 6.61 Å². The van der Waals surface area contributed by atoms with Crippen molar-refractivity contribution >= 4 is 28.3 Å². The van der Waals surface area contributed by atoms with Crippen LogP contribution in [0.4, 0.5) is 0 Å². The SMILES string of the molecule is CCOC(=O)c1cc(-c2ccc(Cl)cc2)n(-c2ccc(-c3n[nH]c(=O)c4ccccc34)cc2)c1C. The fourth-order valence-corrected chi connectivity index (χ4v) is 4.42. The molecule has 0 aliphatic heterocycles. The Morgan fingerprint density at radius 2 is 1.63 bits per heavy atom. The number of H-pyrrole nitrogens is 1. The Bertz CT molecular complexity index is 1600. The van der Waals surface area contributed by atoms with Crippen LogP contribution < -0.4 is 5.56 Å². The number of aromatic amines is 1. The molecule has 0 aliphatic carbocycles. The minimum Gasteiger partial charge on any atom is -0.462 e. The molecule has 0 unspecified atom stereocenters. The molecule has 2 heterocycles. The molecule has 0 amide bonds. The van der Waals surface area contributed by atoms with Crippen LogP contribution >= 0.6 is 11.6 Å². The lowest BCUT2D eigenvalue weighted by atomic mass is 10.0. The molecule has 0 saturated carbocycles. The molecule has 1 N–H and O–H groups in total. The van der Waals surface area contributed by atoms with E-state index >= 15 is 0 Å². The highest BCUT2D eigenvalue weighted by Gasteiger charge is 2.21. The van der Waals surface area contributed by atoms with E-state index in [1.165, 1.54) is 0 Å². The highest BCUT2D eigenvalue weighted by Crippen LogP contribution is 2.32. The lowest BCUT2D eigenvalue weighted by Gasteiger charge is -2.13. The van der Waals surface area contributed by atoms with Crippen molar-refractivity contribution in [1.82, 2.24) is 14.8 Å². The third kappa shape index (κ3) is 4.13. The third-order valence-corrected chi connectivity index (χ3v) is 6.23. The van der Waals surface area contributed by atoms with Gasteiger partial charge in [-0.1, -0.05) is 54.1 Å². The topological polar surface area (TPSA) is 77.0 Å². The van der Waals surface area contributed by atoms with Gasteiger partial charge in [-0.25, -0.2) is 9.89 Å². The van der Waals surface area contributed by atoms with Crippen LogP contribution in [0.25, 0.3) is 39.0 Å². The van der Waals surface area contributed by atoms with Gasteiger partial charge in [0.25, 0.3) is 5.56 Å². The molecule has 0 bridgehead atoms. The summed E-state index contributed by atoms with van der Waals surface area (Å²) in [7, 11) is 0. The Morgan fingerprint density at radius 1 is 0.971 bits per heavy atom. The summed E-state index contributed by atoms with van der Waals surface area (Å²) < 4.78 is 7.31. The van der Waals surface area contributed by atoms with Crippen LogP contribution in [-0.4, -0.2) is 27.3 Å². The van der Waals surface area contributed by atoms with Gasteiger partial charge in [-0.15, -0.1) is 0 Å². The van der Waals surface area contributed by atoms with Crippen LogP contribution in [0.15, 0.2) is 83.7 Å². The van der Waals surface area contributed by atoms with Gasteiger partial charge in [0.1, 0.15) is 0 Å². The summed E-state index contributed by atoms with van der Waals surface area (Å²) in [5, 5.41) is 8.90. The maximum Gasteiger partial charge on any atom is 0.339 e. The summed E-state index contributed by atoms with van der Waals surface area (Å²) in [6.45, 7) is 3.99. The van der Waals surface area contributed by atoms with E-state index in [2.05, 4.69) is 10.2 Å². The Hall–Kier alpha value is -4.16. The Kier molecular flexibility index (Phi) is 5.97. The molecule has 0 spiro atoms. The molecule has 0 atom stereocenters. The molecule has 0 fully saturated rings. The number of fused-ring (bicyclic) bond motifs is 1. The normalized spacial score (nSPS) is 11.1. The largest absolute Gasteiger partial charge is 0.462 e. The number of hydrogen-bond acceptors (Lipinski definition) is 4. The van der Waals surface area contributed by atoms with Crippen molar-refractivity contribution in [3.05, 3.63) is 105 Å². The molecule has 35 heavy (non-hydrogen) atoms. The van der Waals surface area contributed by atoms with Gasteiger partial charge in [0, 0.05) is 27.4 Å². The maximum atomic E-state index is 12.6. The van der Waals surface area contributed by atoms with Crippen molar-refractivity contribution < 1.29 is 9.53 Å². The van der Waals surface area contributed by atoms with Gasteiger partial charge in [0.2, 0.25) is 0 Å². The second-order valence-corrected chi connectivity index (χ2v) is 8.52. The van der Waals surface area contributed by atoms with Gasteiger partial charge in [0.15, 0.2) is 0 Å². The van der Waals surface area contributed by atoms with E-state index in [4.69, 9.17) is 16.3 Å². The van der Waals surface area contributed by atoms with Crippen molar-refractivity contribution in [2.45, 2.75) is 13.8 Å². The molecule has 0 saturated heterocycles. The van der Waals surface area contributed by atoms with Gasteiger partial charge in [0.05, 0.1) is 28.9 Å². The second kappa shape index (κ2) is 9.24. The van der Waals surface area contributed by atoms with Crippen molar-refractivity contribution in [3.8, 4) is 28.2 Å². The van der Waals surface area contributed by atoms with Crippen LogP contribution in [0.3, 0.4) is 0 Å². The van der Waals surface area contributed by atoms with E-state index in [1.54, 1.807) is 13.0 Å². The quantitative estimate of drug-likeness (QED) is 0.302. The summed E-state index contributed by atoms with van der Waals surface area (Å²) in [5.41, 5.74) is 5.27. The zero-order valence-corrected chi connectivity index (χ0v) is 20.0. The van der Waals surface area contributed by atoms with E-state index in [1.807, 2.05) is 84.3 Å². The molecule has 2 aromatic heterocycles. The Labute approximate surface area is 206 Å². The van der Waals surface area contributed by atoms with E-state index in [0.29, 0.717) is 28.3 Å². The summed E-state index contributed by atoms with van der Waals surface area (Å²) in [5.74, 6) is -0.362. The first-order valence-electron chi connectivity index (χ1n) is 11.2. The molecule has 3 aromatic carbocycles. The fraction of sp³-hybridized carbons (Fsp3) is 0.107. The maximum absolute atomic E-state index is 12.6. The molecule has 6 nitrogen and oxygen atoms in total. The minimum atomic E-state index is -0.362. The predicted molar refractivity (Wildman–Crippen MR) is 138 cm³/mol. The second-order valence-electron chi connectivity index (χ2n) is 8.09. The zero-order valence-electron chi connectivity index (χ0n) is 19.2. The molecular weight excluding hydrogens is 462 g/mol. The molecular formula is C28H22ClN3O3. The van der Waals surface area contributed by atoms with Crippen LogP contribution in [-0.2, 0) is 4.74 Å². The summed E-state index contributed by atoms with van der Waals surface area (Å²) in [4.78, 5) is 24.8. The molecule has 0 aliphatic rings. The van der Waals surface area contributed by atoms with Gasteiger partial charge in [-0.2, -0.15) is 5.10 Å². The number of esters is 1. The van der Waals surface area contributed by atoms with Gasteiger partial charge in [-0.3, -0.25) is 4.79 Å². The van der Waals surface area contributed by atoms with Crippen molar-refractivity contribution in [1.29, 1.82) is 0 Å². The number of nitrogens with zero attached hydrogens (tertiary/aromatic N) is 2. The fourth-order valence-electron chi connectivity index (χ4n) is 4.29. The highest BCUT2D eigenvalue weighted by molar-refractivity contribution is 6.30. The number of nitrogens with one attached hydrogen (secondary N) is 1.